The number of nitrogens with one attached hydrogen (secondary N) is 1. The molecule has 1 amide bonds. The first-order valence-corrected chi connectivity index (χ1v) is 12.6. The number of carbonyl (C=O) groups excluding carboxylic acids is 1. The van der Waals surface area contributed by atoms with E-state index in [9.17, 15) is 4.79 Å². The Morgan fingerprint density at radius 1 is 1.11 bits per heavy atom. The molecule has 1 N–H and O–H groups in total. The Kier molecular flexibility index (Phi) is 6.71. The number of likely N-dealkylation sites (tertiary alicyclic amines) is 1. The van der Waals surface area contributed by atoms with Gasteiger partial charge in [-0.15, -0.1) is 0 Å². The molecular formula is C28H39BN2O4. The summed E-state index contributed by atoms with van der Waals surface area (Å²) >= 11 is 0. The first-order chi connectivity index (χ1) is 16.3. The summed E-state index contributed by atoms with van der Waals surface area (Å²) in [5.74, 6) is 0. The van der Waals surface area contributed by atoms with Crippen LogP contribution in [0.2, 0.25) is 0 Å². The zero-order valence-electron chi connectivity index (χ0n) is 22.2. The van der Waals surface area contributed by atoms with E-state index in [1.165, 1.54) is 0 Å². The third-order valence-electron chi connectivity index (χ3n) is 7.29. The molecule has 2 heterocycles. The van der Waals surface area contributed by atoms with E-state index < -0.39 is 5.60 Å². The molecule has 0 aromatic heterocycles. The van der Waals surface area contributed by atoms with Crippen LogP contribution in [-0.2, 0) is 14.0 Å². The molecule has 0 saturated carbocycles. The molecule has 7 heteroatoms. The van der Waals surface area contributed by atoms with Gasteiger partial charge in [0.15, 0.2) is 0 Å². The van der Waals surface area contributed by atoms with Crippen molar-refractivity contribution in [2.24, 2.45) is 0 Å². The van der Waals surface area contributed by atoms with Crippen molar-refractivity contribution in [3.05, 3.63) is 48.5 Å². The van der Waals surface area contributed by atoms with Gasteiger partial charge in [0.05, 0.1) is 17.2 Å². The maximum Gasteiger partial charge on any atom is 0.494 e. The lowest BCUT2D eigenvalue weighted by Gasteiger charge is -2.32. The molecule has 6 nitrogen and oxygen atoms in total. The normalized spacial score (nSPS) is 21.4. The summed E-state index contributed by atoms with van der Waals surface area (Å²) in [5, 5.41) is 5.70. The zero-order valence-corrected chi connectivity index (χ0v) is 22.2. The summed E-state index contributed by atoms with van der Waals surface area (Å²) in [6.07, 6.45) is 1.70. The Labute approximate surface area is 210 Å². The van der Waals surface area contributed by atoms with Crippen LogP contribution in [0.25, 0.3) is 16.5 Å². The van der Waals surface area contributed by atoms with E-state index in [1.807, 2.05) is 25.7 Å². The SMILES string of the molecule is C=C(NC[C@@H]1CCCN1C(=O)OC(C)(C)C)c1ccc2cc(B3OC(C)(C)C(C)(C)O3)ccc2c1. The number of carbonyl (C=O) groups is 1. The van der Waals surface area contributed by atoms with Crippen molar-refractivity contribution in [1.29, 1.82) is 0 Å². The number of hydrogen-bond donors (Lipinski definition) is 1. The molecule has 35 heavy (non-hydrogen) atoms. The van der Waals surface area contributed by atoms with Crippen molar-refractivity contribution in [3.63, 3.8) is 0 Å². The summed E-state index contributed by atoms with van der Waals surface area (Å²) in [4.78, 5) is 14.4. The standard InChI is InChI=1S/C28H39BN2O4/c1-19(30-18-24-10-9-15-31(24)25(32)33-26(2,3)4)20-11-12-22-17-23(14-13-21(22)16-20)29-34-27(5,6)28(7,8)35-29/h11-14,16-17,24,30H,1,9-10,15,18H2,2-8H3/t24-/m0/s1. The fourth-order valence-corrected chi connectivity index (χ4v) is 4.53. The monoisotopic (exact) mass is 478 g/mol. The molecule has 2 aromatic carbocycles. The zero-order chi connectivity index (χ0) is 25.6. The molecule has 4 rings (SSSR count). The molecule has 2 aliphatic heterocycles. The third kappa shape index (κ3) is 5.51. The predicted octanol–water partition coefficient (Wildman–Crippen LogP) is 5.10. The smallest absolute Gasteiger partial charge is 0.444 e. The largest absolute Gasteiger partial charge is 0.494 e. The molecule has 0 spiro atoms. The van der Waals surface area contributed by atoms with Crippen molar-refractivity contribution in [2.45, 2.75) is 84.2 Å². The molecular weight excluding hydrogens is 439 g/mol. The highest BCUT2D eigenvalue weighted by atomic mass is 16.7. The minimum Gasteiger partial charge on any atom is -0.444 e. The molecule has 2 aliphatic rings. The van der Waals surface area contributed by atoms with Gasteiger partial charge in [-0.2, -0.15) is 0 Å². The molecule has 2 fully saturated rings. The molecule has 2 saturated heterocycles. The van der Waals surface area contributed by atoms with Gasteiger partial charge in [0.1, 0.15) is 5.60 Å². The van der Waals surface area contributed by atoms with Gasteiger partial charge in [-0.25, -0.2) is 4.79 Å². The van der Waals surface area contributed by atoms with E-state index in [0.29, 0.717) is 6.54 Å². The topological polar surface area (TPSA) is 60.0 Å². The average molecular weight is 478 g/mol. The van der Waals surface area contributed by atoms with Gasteiger partial charge in [-0.05, 0) is 89.2 Å². The quantitative estimate of drug-likeness (QED) is 0.606. The lowest BCUT2D eigenvalue weighted by molar-refractivity contribution is 0.00578. The van der Waals surface area contributed by atoms with Crippen molar-refractivity contribution >= 4 is 35.1 Å². The maximum atomic E-state index is 12.6. The number of fused-ring (bicyclic) bond motifs is 1. The van der Waals surface area contributed by atoms with Crippen LogP contribution in [0, 0.1) is 0 Å². The van der Waals surface area contributed by atoms with Gasteiger partial charge < -0.3 is 24.3 Å². The Morgan fingerprint density at radius 3 is 2.40 bits per heavy atom. The summed E-state index contributed by atoms with van der Waals surface area (Å²) in [6, 6.07) is 12.7. The van der Waals surface area contributed by atoms with E-state index in [2.05, 4.69) is 76.0 Å². The fraction of sp³-hybridized carbons (Fsp3) is 0.536. The number of ether oxygens (including phenoxy) is 1. The van der Waals surface area contributed by atoms with Crippen LogP contribution in [0.1, 0.15) is 66.9 Å². The van der Waals surface area contributed by atoms with Crippen LogP contribution in [0.15, 0.2) is 43.0 Å². The van der Waals surface area contributed by atoms with Crippen LogP contribution < -0.4 is 10.8 Å². The van der Waals surface area contributed by atoms with Crippen LogP contribution in [0.4, 0.5) is 4.79 Å². The van der Waals surface area contributed by atoms with E-state index in [4.69, 9.17) is 14.0 Å². The Bertz CT molecular complexity index is 1110. The van der Waals surface area contributed by atoms with Gasteiger partial charge >= 0.3 is 13.2 Å². The molecule has 0 radical (unpaired) electrons. The predicted molar refractivity (Wildman–Crippen MR) is 143 cm³/mol. The van der Waals surface area contributed by atoms with E-state index in [-0.39, 0.29) is 30.5 Å². The number of hydrogen-bond acceptors (Lipinski definition) is 5. The van der Waals surface area contributed by atoms with Gasteiger partial charge in [-0.3, -0.25) is 0 Å². The third-order valence-corrected chi connectivity index (χ3v) is 7.29. The molecule has 0 aliphatic carbocycles. The Morgan fingerprint density at radius 2 is 1.74 bits per heavy atom. The first-order valence-electron chi connectivity index (χ1n) is 12.6. The van der Waals surface area contributed by atoms with E-state index in [0.717, 1.165) is 46.9 Å². The fourth-order valence-electron chi connectivity index (χ4n) is 4.53. The summed E-state index contributed by atoms with van der Waals surface area (Å²) in [5.41, 5.74) is 1.68. The number of amides is 1. The molecule has 2 aromatic rings. The maximum absolute atomic E-state index is 12.6. The molecule has 0 unspecified atom stereocenters. The Balaban J connectivity index is 1.41. The average Bonchev–Trinajstić information content (AvgIpc) is 3.31. The van der Waals surface area contributed by atoms with Crippen molar-refractivity contribution < 1.29 is 18.8 Å². The van der Waals surface area contributed by atoms with Gasteiger partial charge in [0.25, 0.3) is 0 Å². The van der Waals surface area contributed by atoms with Crippen molar-refractivity contribution in [1.82, 2.24) is 10.2 Å². The highest BCUT2D eigenvalue weighted by Crippen LogP contribution is 2.36. The molecule has 0 bridgehead atoms. The minimum absolute atomic E-state index is 0.101. The van der Waals surface area contributed by atoms with E-state index >= 15 is 0 Å². The lowest BCUT2D eigenvalue weighted by Crippen LogP contribution is -2.43. The second-order valence-corrected chi connectivity index (χ2v) is 11.7. The first kappa shape index (κ1) is 25.6. The van der Waals surface area contributed by atoms with Crippen LogP contribution in [-0.4, -0.2) is 54.0 Å². The highest BCUT2D eigenvalue weighted by Gasteiger charge is 2.51. The second kappa shape index (κ2) is 9.18. The minimum atomic E-state index is -0.491. The lowest BCUT2D eigenvalue weighted by atomic mass is 9.78. The van der Waals surface area contributed by atoms with Crippen LogP contribution in [0.5, 0.6) is 0 Å². The van der Waals surface area contributed by atoms with Crippen LogP contribution >= 0.6 is 0 Å². The highest BCUT2D eigenvalue weighted by molar-refractivity contribution is 6.62. The van der Waals surface area contributed by atoms with Gasteiger partial charge in [-0.1, -0.05) is 36.9 Å². The number of rotatable bonds is 5. The second-order valence-electron chi connectivity index (χ2n) is 11.7. The Hall–Kier alpha value is -2.51. The number of nitrogens with zero attached hydrogens (tertiary/aromatic N) is 1. The summed E-state index contributed by atoms with van der Waals surface area (Å²) in [7, 11) is -0.375. The number of benzene rings is 2. The van der Waals surface area contributed by atoms with Gasteiger partial charge in [0, 0.05) is 18.8 Å². The van der Waals surface area contributed by atoms with E-state index in [1.54, 1.807) is 0 Å². The van der Waals surface area contributed by atoms with Crippen LogP contribution in [0.3, 0.4) is 0 Å². The summed E-state index contributed by atoms with van der Waals surface area (Å²) in [6.45, 7) is 19.6. The molecule has 1 atom stereocenters. The van der Waals surface area contributed by atoms with Crippen molar-refractivity contribution in [3.8, 4) is 0 Å². The molecule has 188 valence electrons. The van der Waals surface area contributed by atoms with Crippen molar-refractivity contribution in [2.75, 3.05) is 13.1 Å². The van der Waals surface area contributed by atoms with Gasteiger partial charge in [0.2, 0.25) is 0 Å². The summed E-state index contributed by atoms with van der Waals surface area (Å²) < 4.78 is 18.0.